The van der Waals surface area contributed by atoms with Gasteiger partial charge in [-0.05, 0) is 24.7 Å². The molecular weight excluding hydrogens is 234 g/mol. The number of piperazine rings is 1. The minimum Gasteiger partial charge on any atom is -0.387 e. The maximum Gasteiger partial charge on any atom is 0.0640 e. The quantitative estimate of drug-likeness (QED) is 0.891. The van der Waals surface area contributed by atoms with Gasteiger partial charge in [0.25, 0.3) is 0 Å². The van der Waals surface area contributed by atoms with E-state index in [0.717, 1.165) is 43.4 Å². The van der Waals surface area contributed by atoms with E-state index in [9.17, 15) is 0 Å². The van der Waals surface area contributed by atoms with E-state index in [1.54, 1.807) is 0 Å². The van der Waals surface area contributed by atoms with Crippen LogP contribution in [0.1, 0.15) is 5.56 Å². The number of hydrogen-bond donors (Lipinski definition) is 1. The molecule has 0 bridgehead atoms. The number of benzene rings is 1. The number of halogens is 1. The number of anilines is 1. The second-order valence-electron chi connectivity index (χ2n) is 4.64. The van der Waals surface area contributed by atoms with Gasteiger partial charge in [-0.25, -0.2) is 0 Å². The van der Waals surface area contributed by atoms with E-state index in [-0.39, 0.29) is 0 Å². The monoisotopic (exact) mass is 253 g/mol. The van der Waals surface area contributed by atoms with Gasteiger partial charge in [0.05, 0.1) is 10.7 Å². The number of hydrogen-bond acceptors (Lipinski definition) is 3. The Hall–Kier alpha value is -0.770. The van der Waals surface area contributed by atoms with E-state index < -0.39 is 0 Å². The molecule has 2 rings (SSSR count). The van der Waals surface area contributed by atoms with Crippen LogP contribution in [0.5, 0.6) is 0 Å². The van der Waals surface area contributed by atoms with Crippen LogP contribution in [0, 0.1) is 0 Å². The Morgan fingerprint density at radius 3 is 2.53 bits per heavy atom. The van der Waals surface area contributed by atoms with Crippen molar-refractivity contribution in [2.75, 3.05) is 45.6 Å². The van der Waals surface area contributed by atoms with Crippen LogP contribution in [0.4, 0.5) is 5.69 Å². The van der Waals surface area contributed by atoms with Gasteiger partial charge in [0.2, 0.25) is 0 Å². The molecule has 1 saturated heterocycles. The Balaban J connectivity index is 1.97. The third-order valence-corrected chi connectivity index (χ3v) is 3.62. The highest BCUT2D eigenvalue weighted by molar-refractivity contribution is 6.33. The maximum atomic E-state index is 6.18. The van der Waals surface area contributed by atoms with Gasteiger partial charge in [0.1, 0.15) is 0 Å². The van der Waals surface area contributed by atoms with Crippen molar-refractivity contribution in [2.24, 2.45) is 0 Å². The molecular formula is C13H20ClN3. The summed E-state index contributed by atoms with van der Waals surface area (Å²) < 4.78 is 0. The SMILES string of the molecule is CNc1ccc(CN2CCN(C)CC2)cc1Cl. The summed E-state index contributed by atoms with van der Waals surface area (Å²) in [6.45, 7) is 5.59. The fourth-order valence-electron chi connectivity index (χ4n) is 2.12. The summed E-state index contributed by atoms with van der Waals surface area (Å²) in [4.78, 5) is 4.85. The number of nitrogens with one attached hydrogen (secondary N) is 1. The van der Waals surface area contributed by atoms with Gasteiger partial charge < -0.3 is 10.2 Å². The second-order valence-corrected chi connectivity index (χ2v) is 5.05. The standard InChI is InChI=1S/C13H20ClN3/c1-15-13-4-3-11(9-12(13)14)10-17-7-5-16(2)6-8-17/h3-4,9,15H,5-8,10H2,1-2H3. The van der Waals surface area contributed by atoms with Crippen LogP contribution in [-0.4, -0.2) is 50.1 Å². The molecule has 0 unspecified atom stereocenters. The summed E-state index contributed by atoms with van der Waals surface area (Å²) in [7, 11) is 4.07. The highest BCUT2D eigenvalue weighted by Gasteiger charge is 2.14. The van der Waals surface area contributed by atoms with Crippen LogP contribution >= 0.6 is 11.6 Å². The van der Waals surface area contributed by atoms with E-state index in [0.29, 0.717) is 0 Å². The van der Waals surface area contributed by atoms with Crippen molar-refractivity contribution in [2.45, 2.75) is 6.54 Å². The third kappa shape index (κ3) is 3.35. The van der Waals surface area contributed by atoms with Crippen LogP contribution < -0.4 is 5.32 Å². The lowest BCUT2D eigenvalue weighted by atomic mass is 10.2. The summed E-state index contributed by atoms with van der Waals surface area (Å²) >= 11 is 6.18. The Morgan fingerprint density at radius 1 is 1.24 bits per heavy atom. The van der Waals surface area contributed by atoms with E-state index in [2.05, 4.69) is 34.3 Å². The minimum absolute atomic E-state index is 0.805. The summed E-state index contributed by atoms with van der Waals surface area (Å²) in [6.07, 6.45) is 0. The lowest BCUT2D eigenvalue weighted by Crippen LogP contribution is -2.43. The lowest BCUT2D eigenvalue weighted by Gasteiger charge is -2.32. The molecule has 0 radical (unpaired) electrons. The summed E-state index contributed by atoms with van der Waals surface area (Å²) in [5.74, 6) is 0. The van der Waals surface area contributed by atoms with Crippen molar-refractivity contribution < 1.29 is 0 Å². The van der Waals surface area contributed by atoms with Crippen molar-refractivity contribution in [3.05, 3.63) is 28.8 Å². The van der Waals surface area contributed by atoms with E-state index >= 15 is 0 Å². The average molecular weight is 254 g/mol. The minimum atomic E-state index is 0.805. The maximum absolute atomic E-state index is 6.18. The van der Waals surface area contributed by atoms with Gasteiger partial charge in [0, 0.05) is 39.8 Å². The molecule has 1 aliphatic rings. The smallest absolute Gasteiger partial charge is 0.0640 e. The third-order valence-electron chi connectivity index (χ3n) is 3.30. The largest absolute Gasteiger partial charge is 0.387 e. The zero-order valence-electron chi connectivity index (χ0n) is 10.5. The molecule has 0 aromatic heterocycles. The van der Waals surface area contributed by atoms with Gasteiger partial charge in [-0.3, -0.25) is 4.90 Å². The van der Waals surface area contributed by atoms with Gasteiger partial charge in [-0.2, -0.15) is 0 Å². The molecule has 94 valence electrons. The molecule has 1 heterocycles. The van der Waals surface area contributed by atoms with Gasteiger partial charge in [-0.1, -0.05) is 17.7 Å². The predicted molar refractivity (Wildman–Crippen MR) is 73.8 cm³/mol. The topological polar surface area (TPSA) is 18.5 Å². The Morgan fingerprint density at radius 2 is 1.94 bits per heavy atom. The van der Waals surface area contributed by atoms with Gasteiger partial charge in [0.15, 0.2) is 0 Å². The van der Waals surface area contributed by atoms with Crippen LogP contribution in [0.3, 0.4) is 0 Å². The molecule has 0 atom stereocenters. The first-order valence-electron chi connectivity index (χ1n) is 6.06. The molecule has 0 amide bonds. The molecule has 3 nitrogen and oxygen atoms in total. The molecule has 1 fully saturated rings. The van der Waals surface area contributed by atoms with E-state index in [1.165, 1.54) is 5.56 Å². The number of nitrogens with zero attached hydrogens (tertiary/aromatic N) is 2. The molecule has 0 saturated carbocycles. The van der Waals surface area contributed by atoms with E-state index in [1.807, 2.05) is 13.1 Å². The number of rotatable bonds is 3. The summed E-state index contributed by atoms with van der Waals surface area (Å²) in [5, 5.41) is 3.88. The molecule has 1 aromatic carbocycles. The highest BCUT2D eigenvalue weighted by Crippen LogP contribution is 2.23. The summed E-state index contributed by atoms with van der Waals surface area (Å²) in [5.41, 5.74) is 2.28. The number of likely N-dealkylation sites (N-methyl/N-ethyl adjacent to an activating group) is 1. The van der Waals surface area contributed by atoms with Crippen molar-refractivity contribution in [1.29, 1.82) is 0 Å². The Labute approximate surface area is 108 Å². The fourth-order valence-corrected chi connectivity index (χ4v) is 2.42. The van der Waals surface area contributed by atoms with Crippen molar-refractivity contribution in [3.63, 3.8) is 0 Å². The van der Waals surface area contributed by atoms with E-state index in [4.69, 9.17) is 11.6 Å². The molecule has 1 aromatic rings. The zero-order valence-corrected chi connectivity index (χ0v) is 11.3. The molecule has 1 N–H and O–H groups in total. The van der Waals surface area contributed by atoms with Gasteiger partial charge in [-0.15, -0.1) is 0 Å². The van der Waals surface area contributed by atoms with Crippen molar-refractivity contribution >= 4 is 17.3 Å². The normalized spacial score (nSPS) is 18.3. The van der Waals surface area contributed by atoms with Crippen LogP contribution in [0.25, 0.3) is 0 Å². The molecule has 0 aliphatic carbocycles. The van der Waals surface area contributed by atoms with Crippen LogP contribution in [0.2, 0.25) is 5.02 Å². The Bertz CT molecular complexity index is 373. The highest BCUT2D eigenvalue weighted by atomic mass is 35.5. The zero-order chi connectivity index (χ0) is 12.3. The molecule has 4 heteroatoms. The van der Waals surface area contributed by atoms with Gasteiger partial charge >= 0.3 is 0 Å². The Kier molecular flexibility index (Phi) is 4.26. The van der Waals surface area contributed by atoms with Crippen molar-refractivity contribution in [1.82, 2.24) is 9.80 Å². The molecule has 0 spiro atoms. The summed E-state index contributed by atoms with van der Waals surface area (Å²) in [6, 6.07) is 6.26. The molecule has 1 aliphatic heterocycles. The average Bonchev–Trinajstić information content (AvgIpc) is 2.32. The van der Waals surface area contributed by atoms with Crippen molar-refractivity contribution in [3.8, 4) is 0 Å². The lowest BCUT2D eigenvalue weighted by molar-refractivity contribution is 0.148. The first-order chi connectivity index (χ1) is 8.19. The van der Waals surface area contributed by atoms with Crippen LogP contribution in [0.15, 0.2) is 18.2 Å². The van der Waals surface area contributed by atoms with Crippen LogP contribution in [-0.2, 0) is 6.54 Å². The first kappa shape index (κ1) is 12.7. The molecule has 17 heavy (non-hydrogen) atoms. The predicted octanol–water partition coefficient (Wildman–Crippen LogP) is 2.13. The first-order valence-corrected chi connectivity index (χ1v) is 6.44. The second kappa shape index (κ2) is 5.71. The fraction of sp³-hybridized carbons (Fsp3) is 0.538.